The fourth-order valence-corrected chi connectivity index (χ4v) is 6.02. The molecule has 0 saturated heterocycles. The summed E-state index contributed by atoms with van der Waals surface area (Å²) in [5.74, 6) is 0. The van der Waals surface area contributed by atoms with Gasteiger partial charge in [-0.3, -0.25) is 0 Å². The van der Waals surface area contributed by atoms with Crippen molar-refractivity contribution in [2.45, 2.75) is 245 Å². The molecule has 0 aromatic rings. The molecule has 0 bridgehead atoms. The van der Waals surface area contributed by atoms with Crippen LogP contribution in [-0.2, 0) is 14.3 Å². The monoisotopic (exact) mass is 638 g/mol. The molecule has 0 spiro atoms. The SMILES string of the molecule is CCCCCCCCCCCCCCC(CCCCCCCCCCCCCC)ON=CCCC(C)(C)OCCC(C)(C)OC. The van der Waals surface area contributed by atoms with E-state index in [9.17, 15) is 0 Å². The number of hydrogen-bond acceptors (Lipinski definition) is 4. The maximum atomic E-state index is 6.17. The van der Waals surface area contributed by atoms with E-state index in [-0.39, 0.29) is 17.3 Å². The van der Waals surface area contributed by atoms with Gasteiger partial charge in [0.25, 0.3) is 0 Å². The maximum Gasteiger partial charge on any atom is 0.127 e. The Hall–Kier alpha value is -0.610. The summed E-state index contributed by atoms with van der Waals surface area (Å²) in [4.78, 5) is 6.11. The molecule has 0 heterocycles. The van der Waals surface area contributed by atoms with E-state index in [0.29, 0.717) is 6.61 Å². The molecule has 0 radical (unpaired) electrons. The first kappa shape index (κ1) is 44.4. The molecule has 4 nitrogen and oxygen atoms in total. The minimum atomic E-state index is -0.167. The maximum absolute atomic E-state index is 6.17. The predicted octanol–water partition coefficient (Wildman–Crippen LogP) is 13.9. The number of methoxy groups -OCH3 is 1. The summed E-state index contributed by atoms with van der Waals surface area (Å²) in [5, 5.41) is 4.46. The van der Waals surface area contributed by atoms with Crippen LogP contribution in [0.4, 0.5) is 0 Å². The van der Waals surface area contributed by atoms with Crippen molar-refractivity contribution in [3.05, 3.63) is 0 Å². The fraction of sp³-hybridized carbons (Fsp3) is 0.976. The van der Waals surface area contributed by atoms with Crippen molar-refractivity contribution < 1.29 is 14.3 Å². The van der Waals surface area contributed by atoms with Crippen molar-refractivity contribution in [1.29, 1.82) is 0 Å². The van der Waals surface area contributed by atoms with Crippen LogP contribution in [0, 0.1) is 0 Å². The Balaban J connectivity index is 4.26. The molecule has 0 saturated carbocycles. The zero-order chi connectivity index (χ0) is 33.3. The lowest BCUT2D eigenvalue weighted by Crippen LogP contribution is -2.30. The van der Waals surface area contributed by atoms with E-state index in [1.54, 1.807) is 7.11 Å². The third-order valence-corrected chi connectivity index (χ3v) is 9.67. The number of oxime groups is 1. The average molecular weight is 638 g/mol. The Morgan fingerprint density at radius 1 is 0.511 bits per heavy atom. The van der Waals surface area contributed by atoms with Gasteiger partial charge in [0, 0.05) is 13.3 Å². The molecule has 0 aliphatic rings. The van der Waals surface area contributed by atoms with Gasteiger partial charge in [0.15, 0.2) is 0 Å². The largest absolute Gasteiger partial charge is 0.393 e. The molecular formula is C41H83NO3. The normalized spacial score (nSPS) is 12.6. The van der Waals surface area contributed by atoms with Crippen molar-refractivity contribution in [2.24, 2.45) is 5.16 Å². The van der Waals surface area contributed by atoms with Crippen LogP contribution in [0.1, 0.15) is 228 Å². The summed E-state index contributed by atoms with van der Waals surface area (Å²) in [5.41, 5.74) is -0.305. The van der Waals surface area contributed by atoms with E-state index in [2.05, 4.69) is 46.7 Å². The highest BCUT2D eigenvalue weighted by atomic mass is 16.6. The molecule has 0 fully saturated rings. The van der Waals surface area contributed by atoms with E-state index in [1.165, 1.54) is 154 Å². The Labute approximate surface area is 284 Å². The van der Waals surface area contributed by atoms with Gasteiger partial charge in [-0.05, 0) is 72.6 Å². The topological polar surface area (TPSA) is 40.0 Å². The highest BCUT2D eigenvalue weighted by Crippen LogP contribution is 2.21. The third-order valence-electron chi connectivity index (χ3n) is 9.67. The van der Waals surface area contributed by atoms with Gasteiger partial charge >= 0.3 is 0 Å². The van der Waals surface area contributed by atoms with Crippen LogP contribution >= 0.6 is 0 Å². The molecule has 0 N–H and O–H groups in total. The highest BCUT2D eigenvalue weighted by molar-refractivity contribution is 5.56. The molecule has 0 aromatic heterocycles. The van der Waals surface area contributed by atoms with Gasteiger partial charge in [-0.15, -0.1) is 0 Å². The molecule has 0 unspecified atom stereocenters. The summed E-state index contributed by atoms with van der Waals surface area (Å²) in [6.45, 7) is 13.9. The molecule has 270 valence electrons. The second-order valence-electron chi connectivity index (χ2n) is 15.2. The molecule has 0 amide bonds. The molecule has 0 aliphatic heterocycles. The van der Waals surface area contributed by atoms with Crippen LogP contribution in [0.5, 0.6) is 0 Å². The van der Waals surface area contributed by atoms with Gasteiger partial charge in [-0.25, -0.2) is 0 Å². The van der Waals surface area contributed by atoms with Crippen LogP contribution in [0.15, 0.2) is 5.16 Å². The fourth-order valence-electron chi connectivity index (χ4n) is 6.02. The van der Waals surface area contributed by atoms with E-state index in [0.717, 1.165) is 32.1 Å². The highest BCUT2D eigenvalue weighted by Gasteiger charge is 2.21. The van der Waals surface area contributed by atoms with E-state index >= 15 is 0 Å². The second kappa shape index (κ2) is 32.0. The van der Waals surface area contributed by atoms with Crippen molar-refractivity contribution in [1.82, 2.24) is 0 Å². The Bertz CT molecular complexity index is 590. The summed E-state index contributed by atoms with van der Waals surface area (Å²) >= 11 is 0. The standard InChI is InChI=1S/C41H83NO3/c1-8-10-12-14-16-18-20-22-24-26-28-30-33-39(34-31-29-27-25-23-21-19-17-15-13-11-9-2)45-42-37-32-35-41(5,6)44-38-36-40(3,4)43-7/h37,39H,8-36,38H2,1-7H3. The Kier molecular flexibility index (Phi) is 31.5. The predicted molar refractivity (Wildman–Crippen MR) is 200 cm³/mol. The van der Waals surface area contributed by atoms with Crippen LogP contribution in [0.25, 0.3) is 0 Å². The van der Waals surface area contributed by atoms with Gasteiger partial charge in [0.05, 0.1) is 17.8 Å². The number of hydrogen-bond donors (Lipinski definition) is 0. The van der Waals surface area contributed by atoms with Crippen molar-refractivity contribution >= 4 is 6.21 Å². The molecular weight excluding hydrogens is 554 g/mol. The van der Waals surface area contributed by atoms with E-state index < -0.39 is 0 Å². The van der Waals surface area contributed by atoms with Crippen LogP contribution < -0.4 is 0 Å². The molecule has 0 rings (SSSR count). The molecule has 0 aliphatic carbocycles. The number of ether oxygens (including phenoxy) is 2. The second-order valence-corrected chi connectivity index (χ2v) is 15.2. The van der Waals surface area contributed by atoms with E-state index in [1.807, 2.05) is 6.21 Å². The third kappa shape index (κ3) is 33.1. The van der Waals surface area contributed by atoms with Crippen LogP contribution in [0.3, 0.4) is 0 Å². The van der Waals surface area contributed by atoms with Crippen molar-refractivity contribution in [2.75, 3.05) is 13.7 Å². The quantitative estimate of drug-likeness (QED) is 0.0390. The van der Waals surface area contributed by atoms with Gasteiger partial charge < -0.3 is 14.3 Å². The molecule has 0 atom stereocenters. The number of nitrogens with zero attached hydrogens (tertiary/aromatic N) is 1. The van der Waals surface area contributed by atoms with Gasteiger partial charge in [-0.1, -0.05) is 160 Å². The Morgan fingerprint density at radius 3 is 1.27 bits per heavy atom. The van der Waals surface area contributed by atoms with E-state index in [4.69, 9.17) is 14.3 Å². The first-order valence-corrected chi connectivity index (χ1v) is 20.1. The minimum Gasteiger partial charge on any atom is -0.393 e. The number of rotatable bonds is 36. The first-order chi connectivity index (χ1) is 21.8. The first-order valence-electron chi connectivity index (χ1n) is 20.1. The molecule has 0 aromatic carbocycles. The lowest BCUT2D eigenvalue weighted by molar-refractivity contribution is -0.0602. The number of unbranched alkanes of at least 4 members (excludes halogenated alkanes) is 22. The molecule has 45 heavy (non-hydrogen) atoms. The zero-order valence-electron chi connectivity index (χ0n) is 32.0. The van der Waals surface area contributed by atoms with Gasteiger partial charge in [0.2, 0.25) is 0 Å². The minimum absolute atomic E-state index is 0.137. The van der Waals surface area contributed by atoms with Crippen molar-refractivity contribution in [3.8, 4) is 0 Å². The summed E-state index contributed by atoms with van der Waals surface area (Å²) in [6.07, 6.45) is 40.7. The summed E-state index contributed by atoms with van der Waals surface area (Å²) < 4.78 is 11.7. The van der Waals surface area contributed by atoms with Crippen molar-refractivity contribution in [3.63, 3.8) is 0 Å². The van der Waals surface area contributed by atoms with Gasteiger partial charge in [-0.2, -0.15) is 0 Å². The van der Waals surface area contributed by atoms with Crippen LogP contribution in [-0.4, -0.2) is 37.2 Å². The van der Waals surface area contributed by atoms with Gasteiger partial charge in [0.1, 0.15) is 6.10 Å². The summed E-state index contributed by atoms with van der Waals surface area (Å²) in [7, 11) is 1.77. The lowest BCUT2D eigenvalue weighted by Gasteiger charge is -2.28. The average Bonchev–Trinajstić information content (AvgIpc) is 3.01. The smallest absolute Gasteiger partial charge is 0.127 e. The Morgan fingerprint density at radius 2 is 0.889 bits per heavy atom. The molecule has 4 heteroatoms. The lowest BCUT2D eigenvalue weighted by atomic mass is 10.0. The summed E-state index contributed by atoms with van der Waals surface area (Å²) in [6, 6.07) is 0. The van der Waals surface area contributed by atoms with Crippen LogP contribution in [0.2, 0.25) is 0 Å². The zero-order valence-corrected chi connectivity index (χ0v) is 32.0.